The molecule has 1 aromatic rings. The number of hydrogen-bond donors (Lipinski definition) is 1. The maximum Gasteiger partial charge on any atom is 0.317 e. The number of aromatic nitrogens is 2. The van der Waals surface area contributed by atoms with E-state index in [4.69, 9.17) is 10.00 Å². The highest BCUT2D eigenvalue weighted by Crippen LogP contribution is 2.14. The fourth-order valence-corrected chi connectivity index (χ4v) is 2.97. The molecule has 0 bridgehead atoms. The lowest BCUT2D eigenvalue weighted by Crippen LogP contribution is -2.54. The van der Waals surface area contributed by atoms with Crippen LogP contribution >= 0.6 is 0 Å². The second-order valence-corrected chi connectivity index (χ2v) is 6.12. The van der Waals surface area contributed by atoms with Crippen molar-refractivity contribution in [2.45, 2.75) is 25.8 Å². The molecule has 3 rings (SSSR count). The molecule has 0 saturated carbocycles. The van der Waals surface area contributed by atoms with E-state index in [1.807, 2.05) is 16.7 Å². The molecule has 1 N–H and O–H groups in total. The van der Waals surface area contributed by atoms with Crippen LogP contribution in [0.4, 0.5) is 10.7 Å². The van der Waals surface area contributed by atoms with Crippen molar-refractivity contribution in [1.82, 2.24) is 20.2 Å². The predicted octanol–water partition coefficient (Wildman–Crippen LogP) is 0.667. The topological polar surface area (TPSA) is 94.4 Å². The summed E-state index contributed by atoms with van der Waals surface area (Å²) in [6.45, 7) is 5.84. The van der Waals surface area contributed by atoms with Crippen molar-refractivity contribution in [3.8, 4) is 6.07 Å². The van der Waals surface area contributed by atoms with Gasteiger partial charge in [-0.1, -0.05) is 0 Å². The van der Waals surface area contributed by atoms with Gasteiger partial charge in [-0.05, 0) is 25.8 Å². The Bertz CT molecular complexity index is 630. The number of nitrogens with one attached hydrogen (secondary N) is 1. The minimum absolute atomic E-state index is 0.00979. The first-order valence-corrected chi connectivity index (χ1v) is 8.29. The van der Waals surface area contributed by atoms with Crippen molar-refractivity contribution in [2.24, 2.45) is 0 Å². The molecular weight excluding hydrogens is 308 g/mol. The summed E-state index contributed by atoms with van der Waals surface area (Å²) in [6, 6.07) is 3.93. The largest absolute Gasteiger partial charge is 0.381 e. The number of carbonyl (C=O) groups excluding carboxylic acids is 1. The number of nitriles is 1. The molecule has 3 heterocycles. The van der Waals surface area contributed by atoms with Crippen LogP contribution in [-0.4, -0.2) is 66.3 Å². The number of anilines is 1. The van der Waals surface area contributed by atoms with Crippen molar-refractivity contribution >= 4 is 12.0 Å². The van der Waals surface area contributed by atoms with Crippen LogP contribution in [0.2, 0.25) is 0 Å². The fourth-order valence-electron chi connectivity index (χ4n) is 2.97. The smallest absolute Gasteiger partial charge is 0.317 e. The van der Waals surface area contributed by atoms with E-state index < -0.39 is 0 Å². The zero-order valence-electron chi connectivity index (χ0n) is 13.9. The molecule has 2 amide bonds. The number of carbonyl (C=O) groups is 1. The van der Waals surface area contributed by atoms with Crippen LogP contribution in [0.25, 0.3) is 0 Å². The molecule has 0 unspecified atom stereocenters. The zero-order valence-corrected chi connectivity index (χ0v) is 13.9. The number of hydrogen-bond acceptors (Lipinski definition) is 6. The number of amides is 2. The summed E-state index contributed by atoms with van der Waals surface area (Å²) in [6.07, 6.45) is 1.75. The molecule has 0 spiro atoms. The van der Waals surface area contributed by atoms with E-state index in [2.05, 4.69) is 21.4 Å². The fraction of sp³-hybridized carbons (Fsp3) is 0.625. The number of aryl methyl sites for hydroxylation is 1. The molecule has 2 saturated heterocycles. The lowest BCUT2D eigenvalue weighted by molar-refractivity contribution is 0.0779. The standard InChI is InChI=1S/C16H22N6O2/c1-12-10-14(11-17)19-15(18-12)21-4-6-22(7-5-21)16(23)20-13-2-8-24-9-3-13/h10,13H,2-9H2,1H3,(H,20,23). The second-order valence-electron chi connectivity index (χ2n) is 6.12. The predicted molar refractivity (Wildman–Crippen MR) is 87.6 cm³/mol. The van der Waals surface area contributed by atoms with E-state index in [1.54, 1.807) is 6.07 Å². The molecule has 8 heteroatoms. The van der Waals surface area contributed by atoms with E-state index in [-0.39, 0.29) is 12.1 Å². The Morgan fingerprint density at radius 2 is 2.00 bits per heavy atom. The average Bonchev–Trinajstić information content (AvgIpc) is 2.62. The molecule has 2 aliphatic rings. The Kier molecular flexibility index (Phi) is 5.11. The molecule has 0 aliphatic carbocycles. The SMILES string of the molecule is Cc1cc(C#N)nc(N2CCN(C(=O)NC3CCOCC3)CC2)n1. The highest BCUT2D eigenvalue weighted by Gasteiger charge is 2.25. The van der Waals surface area contributed by atoms with E-state index in [0.717, 1.165) is 18.5 Å². The van der Waals surface area contributed by atoms with Gasteiger partial charge in [0.25, 0.3) is 0 Å². The highest BCUT2D eigenvalue weighted by molar-refractivity contribution is 5.74. The molecule has 8 nitrogen and oxygen atoms in total. The van der Waals surface area contributed by atoms with Gasteiger partial charge in [0, 0.05) is 51.1 Å². The van der Waals surface area contributed by atoms with Crippen molar-refractivity contribution in [3.63, 3.8) is 0 Å². The van der Waals surface area contributed by atoms with Crippen LogP contribution < -0.4 is 10.2 Å². The summed E-state index contributed by atoms with van der Waals surface area (Å²) in [5.74, 6) is 0.566. The number of ether oxygens (including phenoxy) is 1. The summed E-state index contributed by atoms with van der Waals surface area (Å²) in [5, 5.41) is 12.1. The first kappa shape index (κ1) is 16.5. The Morgan fingerprint density at radius 1 is 1.29 bits per heavy atom. The van der Waals surface area contributed by atoms with Crippen molar-refractivity contribution in [1.29, 1.82) is 5.26 Å². The maximum atomic E-state index is 12.3. The summed E-state index contributed by atoms with van der Waals surface area (Å²) < 4.78 is 5.31. The monoisotopic (exact) mass is 330 g/mol. The molecular formula is C16H22N6O2. The first-order valence-electron chi connectivity index (χ1n) is 8.29. The summed E-state index contributed by atoms with van der Waals surface area (Å²) in [4.78, 5) is 24.9. The molecule has 0 aromatic carbocycles. The molecule has 0 radical (unpaired) electrons. The molecule has 0 atom stereocenters. The number of nitrogens with zero attached hydrogens (tertiary/aromatic N) is 5. The Labute approximate surface area is 141 Å². The molecule has 128 valence electrons. The third-order valence-electron chi connectivity index (χ3n) is 4.36. The molecule has 24 heavy (non-hydrogen) atoms. The van der Waals surface area contributed by atoms with Gasteiger partial charge in [0.15, 0.2) is 0 Å². The Balaban J connectivity index is 1.54. The highest BCUT2D eigenvalue weighted by atomic mass is 16.5. The van der Waals surface area contributed by atoms with Gasteiger partial charge in [-0.25, -0.2) is 14.8 Å². The zero-order chi connectivity index (χ0) is 16.9. The van der Waals surface area contributed by atoms with Crippen LogP contribution in [0, 0.1) is 18.3 Å². The number of piperazine rings is 1. The normalized spacial score (nSPS) is 19.0. The van der Waals surface area contributed by atoms with E-state index >= 15 is 0 Å². The number of urea groups is 1. The number of rotatable bonds is 2. The summed E-state index contributed by atoms with van der Waals surface area (Å²) >= 11 is 0. The van der Waals surface area contributed by atoms with Crippen LogP contribution in [0.1, 0.15) is 24.2 Å². The van der Waals surface area contributed by atoms with Gasteiger partial charge >= 0.3 is 6.03 Å². The van der Waals surface area contributed by atoms with Gasteiger partial charge in [-0.3, -0.25) is 0 Å². The maximum absolute atomic E-state index is 12.3. The molecule has 2 fully saturated rings. The first-order chi connectivity index (χ1) is 11.7. The second kappa shape index (κ2) is 7.45. The van der Waals surface area contributed by atoms with E-state index in [0.29, 0.717) is 51.0 Å². The van der Waals surface area contributed by atoms with Gasteiger partial charge in [-0.15, -0.1) is 0 Å². The van der Waals surface area contributed by atoms with Gasteiger partial charge in [0.05, 0.1) is 0 Å². The third-order valence-corrected chi connectivity index (χ3v) is 4.36. The summed E-state index contributed by atoms with van der Waals surface area (Å²) in [7, 11) is 0. The van der Waals surface area contributed by atoms with Gasteiger partial charge in [0.1, 0.15) is 11.8 Å². The quantitative estimate of drug-likeness (QED) is 0.856. The lowest BCUT2D eigenvalue weighted by Gasteiger charge is -2.36. The van der Waals surface area contributed by atoms with Gasteiger partial charge < -0.3 is 19.9 Å². The van der Waals surface area contributed by atoms with E-state index in [1.165, 1.54) is 0 Å². The van der Waals surface area contributed by atoms with Crippen LogP contribution in [0.15, 0.2) is 6.07 Å². The van der Waals surface area contributed by atoms with E-state index in [9.17, 15) is 4.79 Å². The van der Waals surface area contributed by atoms with Crippen molar-refractivity contribution in [2.75, 3.05) is 44.3 Å². The van der Waals surface area contributed by atoms with Crippen molar-refractivity contribution in [3.05, 3.63) is 17.5 Å². The lowest BCUT2D eigenvalue weighted by atomic mass is 10.1. The Hall–Kier alpha value is -2.40. The summed E-state index contributed by atoms with van der Waals surface area (Å²) in [5.41, 5.74) is 1.15. The third kappa shape index (κ3) is 3.92. The average molecular weight is 330 g/mol. The van der Waals surface area contributed by atoms with Crippen LogP contribution in [0.5, 0.6) is 0 Å². The minimum atomic E-state index is -0.00979. The molecule has 2 aliphatic heterocycles. The van der Waals surface area contributed by atoms with Crippen molar-refractivity contribution < 1.29 is 9.53 Å². The Morgan fingerprint density at radius 3 is 2.67 bits per heavy atom. The van der Waals surface area contributed by atoms with Crippen LogP contribution in [0.3, 0.4) is 0 Å². The molecule has 1 aromatic heterocycles. The van der Waals surface area contributed by atoms with Gasteiger partial charge in [0.2, 0.25) is 5.95 Å². The van der Waals surface area contributed by atoms with Gasteiger partial charge in [-0.2, -0.15) is 5.26 Å². The minimum Gasteiger partial charge on any atom is -0.381 e. The van der Waals surface area contributed by atoms with Crippen LogP contribution in [-0.2, 0) is 4.74 Å².